The van der Waals surface area contributed by atoms with E-state index in [1.54, 1.807) is 39.0 Å². The molecule has 0 aliphatic rings. The number of nitrogens with one attached hydrogen (secondary N) is 1. The van der Waals surface area contributed by atoms with Gasteiger partial charge in [-0.05, 0) is 43.7 Å². The number of benzene rings is 2. The molecule has 26 heavy (non-hydrogen) atoms. The second-order valence-corrected chi connectivity index (χ2v) is 9.60. The summed E-state index contributed by atoms with van der Waals surface area (Å²) >= 11 is 0. The van der Waals surface area contributed by atoms with Gasteiger partial charge < -0.3 is 0 Å². The Hall–Kier alpha value is -1.90. The minimum atomic E-state index is -3.80. The molecule has 142 valence electrons. The van der Waals surface area contributed by atoms with Crippen molar-refractivity contribution in [3.63, 3.8) is 0 Å². The molecule has 2 rings (SSSR count). The van der Waals surface area contributed by atoms with E-state index in [9.17, 15) is 16.8 Å². The van der Waals surface area contributed by atoms with Gasteiger partial charge in [-0.3, -0.25) is 4.72 Å². The molecule has 8 heteroatoms. The third-order valence-electron chi connectivity index (χ3n) is 4.13. The minimum absolute atomic E-state index is 0.0633. The van der Waals surface area contributed by atoms with Crippen LogP contribution in [0.3, 0.4) is 0 Å². The molecule has 0 heterocycles. The topological polar surface area (TPSA) is 83.6 Å². The van der Waals surface area contributed by atoms with Crippen LogP contribution in [0.1, 0.15) is 25.0 Å². The van der Waals surface area contributed by atoms with Gasteiger partial charge in [-0.2, -0.15) is 4.31 Å². The first kappa shape index (κ1) is 20.4. The van der Waals surface area contributed by atoms with Crippen molar-refractivity contribution in [2.75, 3.05) is 17.8 Å². The maximum atomic E-state index is 12.7. The normalized spacial score (nSPS) is 12.3. The van der Waals surface area contributed by atoms with Gasteiger partial charge in [-0.15, -0.1) is 0 Å². The molecule has 0 fully saturated rings. The lowest BCUT2D eigenvalue weighted by Gasteiger charge is -2.19. The maximum Gasteiger partial charge on any atom is 0.261 e. The highest BCUT2D eigenvalue weighted by atomic mass is 32.2. The SMILES string of the molecule is CCN(CC)S(=O)(=O)c1ccc(C)c(NS(=O)(=O)c2ccc(C)cc2)c1. The van der Waals surface area contributed by atoms with E-state index < -0.39 is 20.0 Å². The van der Waals surface area contributed by atoms with E-state index in [-0.39, 0.29) is 15.5 Å². The van der Waals surface area contributed by atoms with Gasteiger partial charge in [0, 0.05) is 13.1 Å². The van der Waals surface area contributed by atoms with E-state index in [4.69, 9.17) is 0 Å². The van der Waals surface area contributed by atoms with Crippen molar-refractivity contribution >= 4 is 25.7 Å². The van der Waals surface area contributed by atoms with Gasteiger partial charge in [0.15, 0.2) is 0 Å². The Morgan fingerprint density at radius 3 is 1.92 bits per heavy atom. The minimum Gasteiger partial charge on any atom is -0.279 e. The molecule has 2 aromatic carbocycles. The van der Waals surface area contributed by atoms with Crippen LogP contribution >= 0.6 is 0 Å². The van der Waals surface area contributed by atoms with Crippen LogP contribution in [-0.2, 0) is 20.0 Å². The van der Waals surface area contributed by atoms with Crippen LogP contribution in [-0.4, -0.2) is 34.2 Å². The lowest BCUT2D eigenvalue weighted by molar-refractivity contribution is 0.445. The zero-order chi connectivity index (χ0) is 19.5. The third-order valence-corrected chi connectivity index (χ3v) is 7.56. The molecule has 0 atom stereocenters. The van der Waals surface area contributed by atoms with Crippen molar-refractivity contribution in [3.8, 4) is 0 Å². The first-order chi connectivity index (χ1) is 12.1. The summed E-state index contributed by atoms with van der Waals surface area (Å²) in [5, 5.41) is 0. The molecule has 0 spiro atoms. The number of sulfonamides is 2. The average molecular weight is 397 g/mol. The Morgan fingerprint density at radius 2 is 1.38 bits per heavy atom. The first-order valence-electron chi connectivity index (χ1n) is 8.32. The van der Waals surface area contributed by atoms with Crippen molar-refractivity contribution in [1.29, 1.82) is 0 Å². The maximum absolute atomic E-state index is 12.7. The second-order valence-electron chi connectivity index (χ2n) is 5.98. The lowest BCUT2D eigenvalue weighted by Crippen LogP contribution is -2.30. The summed E-state index contributed by atoms with van der Waals surface area (Å²) in [7, 11) is -7.47. The molecule has 0 aromatic heterocycles. The van der Waals surface area contributed by atoms with Gasteiger partial charge >= 0.3 is 0 Å². The van der Waals surface area contributed by atoms with Crippen LogP contribution in [0.15, 0.2) is 52.3 Å². The van der Waals surface area contributed by atoms with Gasteiger partial charge in [0.2, 0.25) is 10.0 Å². The summed E-state index contributed by atoms with van der Waals surface area (Å²) in [4.78, 5) is 0.188. The van der Waals surface area contributed by atoms with Crippen LogP contribution in [0.2, 0.25) is 0 Å². The molecule has 0 aliphatic carbocycles. The van der Waals surface area contributed by atoms with Crippen LogP contribution < -0.4 is 4.72 Å². The molecule has 0 amide bonds. The zero-order valence-corrected chi connectivity index (χ0v) is 17.0. The van der Waals surface area contributed by atoms with Crippen molar-refractivity contribution in [2.24, 2.45) is 0 Å². The van der Waals surface area contributed by atoms with E-state index in [2.05, 4.69) is 4.72 Å². The number of hydrogen-bond donors (Lipinski definition) is 1. The number of rotatable bonds is 7. The zero-order valence-electron chi connectivity index (χ0n) is 15.4. The van der Waals surface area contributed by atoms with Crippen molar-refractivity contribution in [1.82, 2.24) is 4.31 Å². The van der Waals surface area contributed by atoms with E-state index >= 15 is 0 Å². The average Bonchev–Trinajstić information content (AvgIpc) is 2.57. The molecule has 1 N–H and O–H groups in total. The summed E-state index contributed by atoms with van der Waals surface area (Å²) in [6, 6.07) is 10.9. The number of nitrogens with zero attached hydrogens (tertiary/aromatic N) is 1. The molecule has 6 nitrogen and oxygen atoms in total. The molecule has 2 aromatic rings. The Bertz CT molecular complexity index is 978. The highest BCUT2D eigenvalue weighted by Crippen LogP contribution is 2.25. The van der Waals surface area contributed by atoms with Gasteiger partial charge in [0.25, 0.3) is 10.0 Å². The van der Waals surface area contributed by atoms with Crippen LogP contribution in [0.4, 0.5) is 5.69 Å². The number of aryl methyl sites for hydroxylation is 2. The van der Waals surface area contributed by atoms with Crippen molar-refractivity contribution < 1.29 is 16.8 Å². The monoisotopic (exact) mass is 396 g/mol. The molecule has 0 radical (unpaired) electrons. The van der Waals surface area contributed by atoms with Crippen molar-refractivity contribution in [2.45, 2.75) is 37.5 Å². The highest BCUT2D eigenvalue weighted by molar-refractivity contribution is 7.92. The third kappa shape index (κ3) is 4.25. The van der Waals surface area contributed by atoms with Gasteiger partial charge in [-0.25, -0.2) is 16.8 Å². The molecular formula is C18H24N2O4S2. The molecule has 0 unspecified atom stereocenters. The predicted molar refractivity (Wildman–Crippen MR) is 103 cm³/mol. The van der Waals surface area contributed by atoms with Crippen LogP contribution in [0.25, 0.3) is 0 Å². The Kier molecular flexibility index (Phi) is 6.10. The number of anilines is 1. The Balaban J connectivity index is 2.43. The summed E-state index contributed by atoms with van der Waals surface area (Å²) in [6.07, 6.45) is 0. The number of hydrogen-bond acceptors (Lipinski definition) is 4. The van der Waals surface area contributed by atoms with Crippen LogP contribution in [0.5, 0.6) is 0 Å². The fraction of sp³-hybridized carbons (Fsp3) is 0.333. The predicted octanol–water partition coefficient (Wildman–Crippen LogP) is 3.13. The lowest BCUT2D eigenvalue weighted by atomic mass is 10.2. The Labute approximate surface area is 156 Å². The van der Waals surface area contributed by atoms with Gasteiger partial charge in [0.1, 0.15) is 0 Å². The van der Waals surface area contributed by atoms with E-state index in [1.165, 1.54) is 28.6 Å². The first-order valence-corrected chi connectivity index (χ1v) is 11.2. The van der Waals surface area contributed by atoms with Crippen molar-refractivity contribution in [3.05, 3.63) is 53.6 Å². The largest absolute Gasteiger partial charge is 0.279 e. The smallest absolute Gasteiger partial charge is 0.261 e. The highest BCUT2D eigenvalue weighted by Gasteiger charge is 2.23. The fourth-order valence-electron chi connectivity index (χ4n) is 2.51. The van der Waals surface area contributed by atoms with E-state index in [0.29, 0.717) is 18.7 Å². The molecule has 0 aliphatic heterocycles. The molecule has 0 saturated carbocycles. The van der Waals surface area contributed by atoms with Gasteiger partial charge in [0.05, 0.1) is 15.5 Å². The van der Waals surface area contributed by atoms with E-state index in [0.717, 1.165) is 5.56 Å². The quantitative estimate of drug-likeness (QED) is 0.779. The summed E-state index contributed by atoms with van der Waals surface area (Å²) in [5.41, 5.74) is 1.84. The van der Waals surface area contributed by atoms with E-state index in [1.807, 2.05) is 6.92 Å². The standard InChI is InChI=1S/C18H24N2O4S2/c1-5-20(6-2)26(23,24)17-12-9-15(4)18(13-17)19-25(21,22)16-10-7-14(3)8-11-16/h7-13,19H,5-6H2,1-4H3. The molecular weight excluding hydrogens is 372 g/mol. The summed E-state index contributed by atoms with van der Waals surface area (Å²) in [6.45, 7) is 7.80. The summed E-state index contributed by atoms with van der Waals surface area (Å²) < 4.78 is 54.4. The molecule has 0 bridgehead atoms. The fourth-order valence-corrected chi connectivity index (χ4v) is 5.11. The Morgan fingerprint density at radius 1 is 0.846 bits per heavy atom. The van der Waals surface area contributed by atoms with Crippen LogP contribution in [0, 0.1) is 13.8 Å². The summed E-state index contributed by atoms with van der Waals surface area (Å²) in [5.74, 6) is 0. The van der Waals surface area contributed by atoms with Gasteiger partial charge in [-0.1, -0.05) is 37.6 Å². The second kappa shape index (κ2) is 7.77. The molecule has 0 saturated heterocycles.